The van der Waals surface area contributed by atoms with E-state index in [4.69, 9.17) is 0 Å². The Morgan fingerprint density at radius 3 is 2.72 bits per heavy atom. The molecular formula is C13H15NO3S. The summed E-state index contributed by atoms with van der Waals surface area (Å²) in [5.41, 5.74) is 1.94. The normalized spacial score (nSPS) is 14.9. The minimum atomic E-state index is -0.260. The molecule has 0 spiro atoms. The van der Waals surface area contributed by atoms with Crippen molar-refractivity contribution >= 4 is 23.0 Å². The molecule has 1 aromatic carbocycles. The van der Waals surface area contributed by atoms with Crippen molar-refractivity contribution in [2.75, 3.05) is 19.4 Å². The van der Waals surface area contributed by atoms with Crippen LogP contribution >= 0.6 is 11.8 Å². The molecule has 0 radical (unpaired) electrons. The van der Waals surface area contributed by atoms with Crippen LogP contribution in [0, 0.1) is 0 Å². The zero-order chi connectivity index (χ0) is 13.0. The number of esters is 1. The second-order valence-electron chi connectivity index (χ2n) is 4.06. The van der Waals surface area contributed by atoms with Gasteiger partial charge in [-0.05, 0) is 11.1 Å². The van der Waals surface area contributed by atoms with E-state index in [1.165, 1.54) is 18.9 Å². The second-order valence-corrected chi connectivity index (χ2v) is 5.10. The third-order valence-electron chi connectivity index (χ3n) is 2.89. The molecule has 5 heteroatoms. The first-order chi connectivity index (χ1) is 8.70. The van der Waals surface area contributed by atoms with Crippen molar-refractivity contribution < 1.29 is 14.3 Å². The van der Waals surface area contributed by atoms with E-state index in [1.54, 1.807) is 4.90 Å². The van der Waals surface area contributed by atoms with Crippen LogP contribution in [0.15, 0.2) is 24.3 Å². The quantitative estimate of drug-likeness (QED) is 0.782. The van der Waals surface area contributed by atoms with Crippen LogP contribution in [0.25, 0.3) is 0 Å². The van der Waals surface area contributed by atoms with Gasteiger partial charge in [0.05, 0.1) is 13.5 Å². The van der Waals surface area contributed by atoms with Crippen molar-refractivity contribution in [2.24, 2.45) is 0 Å². The number of rotatable bonds is 4. The van der Waals surface area contributed by atoms with E-state index < -0.39 is 0 Å². The van der Waals surface area contributed by atoms with Crippen LogP contribution < -0.4 is 0 Å². The second kappa shape index (κ2) is 5.91. The summed E-state index contributed by atoms with van der Waals surface area (Å²) in [6, 6.07) is 7.67. The summed E-state index contributed by atoms with van der Waals surface area (Å²) in [5, 5.41) is 0.114. The fourth-order valence-electron chi connectivity index (χ4n) is 1.89. The van der Waals surface area contributed by atoms with Crippen molar-refractivity contribution in [1.29, 1.82) is 0 Å². The average Bonchev–Trinajstić information content (AvgIpc) is 2.77. The third-order valence-corrected chi connectivity index (χ3v) is 3.78. The molecule has 1 heterocycles. The molecule has 0 aromatic heterocycles. The van der Waals surface area contributed by atoms with E-state index in [9.17, 15) is 9.59 Å². The largest absolute Gasteiger partial charge is 0.469 e. The molecule has 96 valence electrons. The maximum absolute atomic E-state index is 11.6. The van der Waals surface area contributed by atoms with E-state index in [-0.39, 0.29) is 17.6 Å². The number of benzene rings is 1. The molecule has 0 unspecified atom stereocenters. The van der Waals surface area contributed by atoms with E-state index in [2.05, 4.69) is 4.74 Å². The number of carbonyl (C=O) groups excluding carboxylic acids is 2. The van der Waals surface area contributed by atoms with Crippen LogP contribution in [0.5, 0.6) is 0 Å². The number of carbonyl (C=O) groups is 2. The van der Waals surface area contributed by atoms with Crippen molar-refractivity contribution in [1.82, 2.24) is 4.90 Å². The van der Waals surface area contributed by atoms with Gasteiger partial charge < -0.3 is 9.64 Å². The number of hydrogen-bond acceptors (Lipinski definition) is 4. The van der Waals surface area contributed by atoms with Gasteiger partial charge in [-0.1, -0.05) is 36.0 Å². The Bertz CT molecular complexity index is 461. The number of nitrogens with zero attached hydrogens (tertiary/aromatic N) is 1. The monoisotopic (exact) mass is 265 g/mol. The molecule has 1 aromatic rings. The first kappa shape index (κ1) is 13.0. The van der Waals surface area contributed by atoms with Crippen LogP contribution in [-0.4, -0.2) is 35.5 Å². The highest BCUT2D eigenvalue weighted by molar-refractivity contribution is 8.13. The Morgan fingerprint density at radius 2 is 2.11 bits per heavy atom. The third kappa shape index (κ3) is 3.04. The highest BCUT2D eigenvalue weighted by atomic mass is 32.2. The minimum absolute atomic E-state index is 0.114. The van der Waals surface area contributed by atoms with Gasteiger partial charge in [0, 0.05) is 18.8 Å². The van der Waals surface area contributed by atoms with E-state index in [1.807, 2.05) is 24.3 Å². The van der Waals surface area contributed by atoms with Gasteiger partial charge in [0.15, 0.2) is 0 Å². The van der Waals surface area contributed by atoms with Crippen LogP contribution in [0.3, 0.4) is 0 Å². The minimum Gasteiger partial charge on any atom is -0.469 e. The van der Waals surface area contributed by atoms with Crippen LogP contribution in [-0.2, 0) is 22.5 Å². The topological polar surface area (TPSA) is 46.6 Å². The molecule has 1 aliphatic heterocycles. The molecule has 2 rings (SSSR count). The number of amides is 1. The van der Waals surface area contributed by atoms with Gasteiger partial charge in [0.25, 0.3) is 5.24 Å². The van der Waals surface area contributed by atoms with Gasteiger partial charge in [-0.15, -0.1) is 0 Å². The predicted molar refractivity (Wildman–Crippen MR) is 70.4 cm³/mol. The lowest BCUT2D eigenvalue weighted by Crippen LogP contribution is -2.23. The maximum atomic E-state index is 11.6. The summed E-state index contributed by atoms with van der Waals surface area (Å²) in [7, 11) is 1.38. The first-order valence-corrected chi connectivity index (χ1v) is 6.74. The lowest BCUT2D eigenvalue weighted by atomic mass is 10.0. The summed E-state index contributed by atoms with van der Waals surface area (Å²) < 4.78 is 4.68. The lowest BCUT2D eigenvalue weighted by molar-refractivity contribution is -0.139. The molecule has 1 aliphatic rings. The Labute approximate surface area is 110 Å². The molecule has 4 nitrogen and oxygen atoms in total. The number of methoxy groups -OCH3 is 1. The van der Waals surface area contributed by atoms with E-state index >= 15 is 0 Å². The van der Waals surface area contributed by atoms with Gasteiger partial charge in [-0.25, -0.2) is 0 Å². The summed E-state index contributed by atoms with van der Waals surface area (Å²) in [6.07, 6.45) is 0.252. The standard InChI is InChI=1S/C13H15NO3S/c1-17-12(15)8-10-4-2-3-5-11(10)9-14-6-7-18-13(14)16/h2-5H,6-9H2,1H3. The van der Waals surface area contributed by atoms with Gasteiger partial charge in [0.2, 0.25) is 0 Å². The summed E-state index contributed by atoms with van der Waals surface area (Å²) >= 11 is 1.34. The van der Waals surface area contributed by atoms with E-state index in [0.717, 1.165) is 23.4 Å². The molecular weight excluding hydrogens is 250 g/mol. The fourth-order valence-corrected chi connectivity index (χ4v) is 2.71. The number of ether oxygens (including phenoxy) is 1. The maximum Gasteiger partial charge on any atom is 0.309 e. The van der Waals surface area contributed by atoms with Gasteiger partial charge >= 0.3 is 5.97 Å². The zero-order valence-electron chi connectivity index (χ0n) is 10.2. The molecule has 1 saturated heterocycles. The molecule has 1 amide bonds. The number of hydrogen-bond donors (Lipinski definition) is 0. The highest BCUT2D eigenvalue weighted by Gasteiger charge is 2.22. The molecule has 0 bridgehead atoms. The summed E-state index contributed by atoms with van der Waals surface area (Å²) in [6.45, 7) is 1.34. The van der Waals surface area contributed by atoms with Gasteiger partial charge in [-0.3, -0.25) is 9.59 Å². The average molecular weight is 265 g/mol. The lowest BCUT2D eigenvalue weighted by Gasteiger charge is -2.16. The molecule has 0 atom stereocenters. The van der Waals surface area contributed by atoms with Crippen molar-refractivity contribution in [3.8, 4) is 0 Å². The molecule has 18 heavy (non-hydrogen) atoms. The molecule has 0 N–H and O–H groups in total. The molecule has 0 aliphatic carbocycles. The van der Waals surface area contributed by atoms with E-state index in [0.29, 0.717) is 6.54 Å². The Kier molecular flexibility index (Phi) is 4.25. The van der Waals surface area contributed by atoms with Gasteiger partial charge in [0.1, 0.15) is 0 Å². The summed E-state index contributed by atoms with van der Waals surface area (Å²) in [4.78, 5) is 24.7. The molecule has 1 fully saturated rings. The van der Waals surface area contributed by atoms with Gasteiger partial charge in [-0.2, -0.15) is 0 Å². The van der Waals surface area contributed by atoms with Crippen molar-refractivity contribution in [3.05, 3.63) is 35.4 Å². The Balaban J connectivity index is 2.11. The van der Waals surface area contributed by atoms with Crippen LogP contribution in [0.4, 0.5) is 4.79 Å². The SMILES string of the molecule is COC(=O)Cc1ccccc1CN1CCSC1=O. The van der Waals surface area contributed by atoms with Crippen molar-refractivity contribution in [2.45, 2.75) is 13.0 Å². The van der Waals surface area contributed by atoms with Crippen molar-refractivity contribution in [3.63, 3.8) is 0 Å². The fraction of sp³-hybridized carbons (Fsp3) is 0.385. The van der Waals surface area contributed by atoms with Crippen LogP contribution in [0.2, 0.25) is 0 Å². The first-order valence-electron chi connectivity index (χ1n) is 5.76. The zero-order valence-corrected chi connectivity index (χ0v) is 11.0. The predicted octanol–water partition coefficient (Wildman–Crippen LogP) is 2.07. The Hall–Kier alpha value is -1.49. The highest BCUT2D eigenvalue weighted by Crippen LogP contribution is 2.21. The number of thioether (sulfide) groups is 1. The van der Waals surface area contributed by atoms with Crippen LogP contribution in [0.1, 0.15) is 11.1 Å². The summed E-state index contributed by atoms with van der Waals surface area (Å²) in [5.74, 6) is 0.586. The molecule has 0 saturated carbocycles. The smallest absolute Gasteiger partial charge is 0.309 e. The Morgan fingerprint density at radius 1 is 1.39 bits per heavy atom.